The maximum atomic E-state index is 12.2. The molecule has 3 N–H and O–H groups in total. The molecule has 0 bridgehead atoms. The highest BCUT2D eigenvalue weighted by Crippen LogP contribution is 2.44. The molecule has 5 heteroatoms. The highest BCUT2D eigenvalue weighted by atomic mass is 16.5. The van der Waals surface area contributed by atoms with E-state index >= 15 is 0 Å². The Kier molecular flexibility index (Phi) is 6.36. The van der Waals surface area contributed by atoms with Gasteiger partial charge in [-0.25, -0.2) is 4.79 Å². The average molecular weight is 461 g/mol. The Bertz CT molecular complexity index is 1350. The molecular formula is C30H24N2O3. The van der Waals surface area contributed by atoms with E-state index in [4.69, 9.17) is 15.2 Å². The van der Waals surface area contributed by atoms with Crippen molar-refractivity contribution in [2.45, 2.75) is 5.92 Å². The van der Waals surface area contributed by atoms with Gasteiger partial charge >= 0.3 is 6.09 Å². The van der Waals surface area contributed by atoms with Gasteiger partial charge in [0.15, 0.2) is 0 Å². The number of alkyl carbamates (subject to hydrolysis) is 1. The highest BCUT2D eigenvalue weighted by molar-refractivity contribution is 5.79. The van der Waals surface area contributed by atoms with Gasteiger partial charge in [-0.2, -0.15) is 0 Å². The molecule has 0 spiro atoms. The van der Waals surface area contributed by atoms with Crippen LogP contribution >= 0.6 is 0 Å². The summed E-state index contributed by atoms with van der Waals surface area (Å²) in [7, 11) is 0. The molecule has 0 unspecified atom stereocenters. The van der Waals surface area contributed by atoms with Crippen molar-refractivity contribution in [1.29, 1.82) is 0 Å². The molecule has 0 saturated heterocycles. The average Bonchev–Trinajstić information content (AvgIpc) is 3.21. The standard InChI is InChI=1S/C30H24N2O3/c31-22-13-17-24(18-14-22)35-23-15-11-21(12-16-23)6-5-19-32-30(33)34-20-29-27-9-3-1-7-25(27)26-8-2-4-10-28(26)29/h1-4,7-18,29H,19-20,31H2,(H,32,33). The van der Waals surface area contributed by atoms with Crippen molar-refractivity contribution >= 4 is 11.8 Å². The SMILES string of the molecule is Nc1ccc(Oc2ccc(C#CCNC(=O)OCC3c4ccccc4-c4ccccc43)cc2)cc1. The van der Waals surface area contributed by atoms with E-state index in [1.807, 2.05) is 60.7 Å². The Morgan fingerprint density at radius 2 is 1.37 bits per heavy atom. The molecule has 4 aromatic rings. The largest absolute Gasteiger partial charge is 0.457 e. The monoisotopic (exact) mass is 460 g/mol. The zero-order valence-corrected chi connectivity index (χ0v) is 19.0. The lowest BCUT2D eigenvalue weighted by Crippen LogP contribution is -2.26. The molecule has 1 aliphatic carbocycles. The van der Waals surface area contributed by atoms with Crippen molar-refractivity contribution in [3.05, 3.63) is 114 Å². The molecule has 4 aromatic carbocycles. The van der Waals surface area contributed by atoms with Gasteiger partial charge in [-0.1, -0.05) is 60.4 Å². The summed E-state index contributed by atoms with van der Waals surface area (Å²) in [5, 5.41) is 2.70. The van der Waals surface area contributed by atoms with E-state index in [1.54, 1.807) is 12.1 Å². The summed E-state index contributed by atoms with van der Waals surface area (Å²) in [4.78, 5) is 12.2. The molecule has 0 atom stereocenters. The second-order valence-electron chi connectivity index (χ2n) is 8.18. The molecular weight excluding hydrogens is 436 g/mol. The van der Waals surface area contributed by atoms with E-state index in [1.165, 1.54) is 22.3 Å². The van der Waals surface area contributed by atoms with Crippen molar-refractivity contribution in [1.82, 2.24) is 5.32 Å². The van der Waals surface area contributed by atoms with E-state index in [0.29, 0.717) is 17.2 Å². The van der Waals surface area contributed by atoms with Crippen LogP contribution in [0.3, 0.4) is 0 Å². The molecule has 0 aromatic heterocycles. The molecule has 0 heterocycles. The van der Waals surface area contributed by atoms with Gasteiger partial charge in [0.05, 0.1) is 6.54 Å². The van der Waals surface area contributed by atoms with Gasteiger partial charge in [-0.05, 0) is 70.8 Å². The normalized spacial score (nSPS) is 11.5. The van der Waals surface area contributed by atoms with E-state index in [9.17, 15) is 4.79 Å². The first-order valence-electron chi connectivity index (χ1n) is 11.4. The molecule has 0 radical (unpaired) electrons. The van der Waals surface area contributed by atoms with Crippen LogP contribution < -0.4 is 15.8 Å². The van der Waals surface area contributed by atoms with Crippen LogP contribution in [0.25, 0.3) is 11.1 Å². The fraction of sp³-hybridized carbons (Fsp3) is 0.100. The number of anilines is 1. The lowest BCUT2D eigenvalue weighted by molar-refractivity contribution is 0.144. The fourth-order valence-electron chi connectivity index (χ4n) is 4.19. The van der Waals surface area contributed by atoms with Gasteiger partial charge < -0.3 is 20.5 Å². The van der Waals surface area contributed by atoms with Crippen LogP contribution in [-0.2, 0) is 4.74 Å². The topological polar surface area (TPSA) is 73.6 Å². The number of carbonyl (C=O) groups is 1. The van der Waals surface area contributed by atoms with Crippen LogP contribution in [0.4, 0.5) is 10.5 Å². The number of rotatable bonds is 5. The number of fused-ring (bicyclic) bond motifs is 3. The van der Waals surface area contributed by atoms with Gasteiger partial charge in [-0.15, -0.1) is 0 Å². The second-order valence-corrected chi connectivity index (χ2v) is 8.18. The maximum absolute atomic E-state index is 12.2. The van der Waals surface area contributed by atoms with Crippen LogP contribution in [0.1, 0.15) is 22.6 Å². The zero-order valence-electron chi connectivity index (χ0n) is 19.0. The lowest BCUT2D eigenvalue weighted by atomic mass is 9.98. The third kappa shape index (κ3) is 5.13. The summed E-state index contributed by atoms with van der Waals surface area (Å²) >= 11 is 0. The summed E-state index contributed by atoms with van der Waals surface area (Å²) in [5.41, 5.74) is 12.0. The Morgan fingerprint density at radius 1 is 0.800 bits per heavy atom. The van der Waals surface area contributed by atoms with Crippen molar-refractivity contribution in [2.24, 2.45) is 0 Å². The third-order valence-corrected chi connectivity index (χ3v) is 5.87. The molecule has 0 saturated carbocycles. The number of nitrogens with two attached hydrogens (primary N) is 1. The first kappa shape index (κ1) is 22.1. The smallest absolute Gasteiger partial charge is 0.407 e. The van der Waals surface area contributed by atoms with Crippen LogP contribution in [0.2, 0.25) is 0 Å². The van der Waals surface area contributed by atoms with Crippen molar-refractivity contribution in [2.75, 3.05) is 18.9 Å². The maximum Gasteiger partial charge on any atom is 0.407 e. The number of ether oxygens (including phenoxy) is 2. The van der Waals surface area contributed by atoms with Gasteiger partial charge in [0.2, 0.25) is 0 Å². The Morgan fingerprint density at radius 3 is 2.00 bits per heavy atom. The van der Waals surface area contributed by atoms with Crippen LogP contribution in [0.5, 0.6) is 11.5 Å². The highest BCUT2D eigenvalue weighted by Gasteiger charge is 2.28. The molecule has 5 nitrogen and oxygen atoms in total. The number of carbonyl (C=O) groups excluding carboxylic acids is 1. The van der Waals surface area contributed by atoms with E-state index in [-0.39, 0.29) is 19.1 Å². The number of hydrogen-bond acceptors (Lipinski definition) is 4. The first-order valence-corrected chi connectivity index (χ1v) is 11.4. The van der Waals surface area contributed by atoms with E-state index in [0.717, 1.165) is 5.56 Å². The van der Waals surface area contributed by atoms with Gasteiger partial charge in [-0.3, -0.25) is 0 Å². The summed E-state index contributed by atoms with van der Waals surface area (Å²) in [6.07, 6.45) is -0.478. The summed E-state index contributed by atoms with van der Waals surface area (Å²) in [6.45, 7) is 0.475. The number of amides is 1. The van der Waals surface area contributed by atoms with Crippen molar-refractivity contribution in [3.63, 3.8) is 0 Å². The molecule has 0 fully saturated rings. The number of nitrogen functional groups attached to an aromatic ring is 1. The quantitative estimate of drug-likeness (QED) is 0.285. The van der Waals surface area contributed by atoms with Crippen LogP contribution in [0, 0.1) is 11.8 Å². The Balaban J connectivity index is 1.11. The molecule has 0 aliphatic heterocycles. The van der Waals surface area contributed by atoms with Crippen molar-refractivity contribution < 1.29 is 14.3 Å². The van der Waals surface area contributed by atoms with Gasteiger partial charge in [0.25, 0.3) is 0 Å². The summed E-state index contributed by atoms with van der Waals surface area (Å²) in [5.74, 6) is 7.43. The predicted molar refractivity (Wildman–Crippen MR) is 137 cm³/mol. The minimum atomic E-state index is -0.478. The molecule has 172 valence electrons. The molecule has 1 aliphatic rings. The van der Waals surface area contributed by atoms with Crippen molar-refractivity contribution in [3.8, 4) is 34.5 Å². The van der Waals surface area contributed by atoms with Crippen LogP contribution in [-0.4, -0.2) is 19.2 Å². The van der Waals surface area contributed by atoms with E-state index in [2.05, 4.69) is 41.4 Å². The minimum Gasteiger partial charge on any atom is -0.457 e. The van der Waals surface area contributed by atoms with Gasteiger partial charge in [0, 0.05) is 17.2 Å². The molecule has 1 amide bonds. The molecule has 5 rings (SSSR count). The summed E-state index contributed by atoms with van der Waals surface area (Å²) in [6, 6.07) is 31.2. The van der Waals surface area contributed by atoms with Gasteiger partial charge in [0.1, 0.15) is 18.1 Å². The minimum absolute atomic E-state index is 0.0354. The molecule has 35 heavy (non-hydrogen) atoms. The fourth-order valence-corrected chi connectivity index (χ4v) is 4.19. The first-order chi connectivity index (χ1) is 17.2. The third-order valence-electron chi connectivity index (χ3n) is 5.87. The second kappa shape index (κ2) is 10.1. The zero-order chi connectivity index (χ0) is 24.0. The number of benzene rings is 4. The lowest BCUT2D eigenvalue weighted by Gasteiger charge is -2.14. The predicted octanol–water partition coefficient (Wildman–Crippen LogP) is 5.95. The van der Waals surface area contributed by atoms with Crippen LogP contribution in [0.15, 0.2) is 97.1 Å². The Labute approximate surface area is 204 Å². The number of hydrogen-bond donors (Lipinski definition) is 2. The van der Waals surface area contributed by atoms with E-state index < -0.39 is 6.09 Å². The summed E-state index contributed by atoms with van der Waals surface area (Å²) < 4.78 is 11.3. The Hall–Kier alpha value is -4.69. The number of nitrogens with one attached hydrogen (secondary N) is 1.